The fourth-order valence-corrected chi connectivity index (χ4v) is 2.68. The van der Waals surface area contributed by atoms with Crippen LogP contribution in [-0.4, -0.2) is 19.6 Å². The summed E-state index contributed by atoms with van der Waals surface area (Å²) in [7, 11) is 1.63. The molecule has 0 aliphatic heterocycles. The molecule has 0 spiro atoms. The van der Waals surface area contributed by atoms with E-state index in [4.69, 9.17) is 16.3 Å². The fraction of sp³-hybridized carbons (Fsp3) is 0.438. The molecule has 0 aromatic heterocycles. The number of ether oxygens (including phenoxy) is 1. The van der Waals surface area contributed by atoms with E-state index in [9.17, 15) is 4.79 Å². The van der Waals surface area contributed by atoms with Crippen molar-refractivity contribution in [3.8, 4) is 0 Å². The van der Waals surface area contributed by atoms with Gasteiger partial charge in [0.05, 0.1) is 0 Å². The largest absolute Gasteiger partial charge is 0.375 e. The van der Waals surface area contributed by atoms with Gasteiger partial charge in [0.2, 0.25) is 5.91 Å². The van der Waals surface area contributed by atoms with E-state index >= 15 is 0 Å². The molecular formula is C16H20ClNO2. The lowest BCUT2D eigenvalue weighted by molar-refractivity contribution is -0.125. The molecule has 0 radical (unpaired) electrons. The van der Waals surface area contributed by atoms with Gasteiger partial charge in [-0.05, 0) is 25.3 Å². The van der Waals surface area contributed by atoms with E-state index in [1.54, 1.807) is 7.11 Å². The van der Waals surface area contributed by atoms with Crippen LogP contribution in [0.2, 0.25) is 5.02 Å². The van der Waals surface area contributed by atoms with Crippen LogP contribution in [0.5, 0.6) is 0 Å². The first-order valence-electron chi connectivity index (χ1n) is 6.92. The van der Waals surface area contributed by atoms with Gasteiger partial charge in [-0.2, -0.15) is 0 Å². The summed E-state index contributed by atoms with van der Waals surface area (Å²) in [6, 6.07) is 7.55. The smallest absolute Gasteiger partial charge is 0.223 e. The van der Waals surface area contributed by atoms with Gasteiger partial charge in [0.1, 0.15) is 6.10 Å². The molecule has 1 aliphatic carbocycles. The Morgan fingerprint density at radius 2 is 2.25 bits per heavy atom. The molecule has 0 saturated carbocycles. The second kappa shape index (κ2) is 7.46. The van der Waals surface area contributed by atoms with Gasteiger partial charge in [-0.25, -0.2) is 0 Å². The number of halogens is 1. The number of carbonyl (C=O) groups is 1. The second-order valence-electron chi connectivity index (χ2n) is 4.97. The van der Waals surface area contributed by atoms with Gasteiger partial charge in [-0.3, -0.25) is 4.79 Å². The van der Waals surface area contributed by atoms with E-state index in [0.717, 1.165) is 24.8 Å². The third-order valence-corrected chi connectivity index (χ3v) is 3.98. The predicted molar refractivity (Wildman–Crippen MR) is 80.7 cm³/mol. The minimum absolute atomic E-state index is 0.0868. The Labute approximate surface area is 125 Å². The van der Waals surface area contributed by atoms with Crippen LogP contribution in [0.3, 0.4) is 0 Å². The van der Waals surface area contributed by atoms with Crippen LogP contribution in [0, 0.1) is 5.92 Å². The molecule has 3 nitrogen and oxygen atoms in total. The monoisotopic (exact) mass is 293 g/mol. The van der Waals surface area contributed by atoms with Gasteiger partial charge in [0, 0.05) is 30.2 Å². The lowest BCUT2D eigenvalue weighted by atomic mass is 9.93. The first-order chi connectivity index (χ1) is 9.72. The average Bonchev–Trinajstić information content (AvgIpc) is 2.50. The molecule has 1 amide bonds. The number of allylic oxidation sites excluding steroid dienone is 2. The van der Waals surface area contributed by atoms with Gasteiger partial charge in [-0.1, -0.05) is 42.0 Å². The maximum Gasteiger partial charge on any atom is 0.223 e. The summed E-state index contributed by atoms with van der Waals surface area (Å²) in [5.41, 5.74) is 0.903. The third kappa shape index (κ3) is 3.84. The molecule has 4 heteroatoms. The van der Waals surface area contributed by atoms with Crippen LogP contribution in [0.1, 0.15) is 30.9 Å². The highest BCUT2D eigenvalue weighted by Crippen LogP contribution is 2.25. The van der Waals surface area contributed by atoms with Crippen LogP contribution >= 0.6 is 11.6 Å². The van der Waals surface area contributed by atoms with Gasteiger partial charge in [-0.15, -0.1) is 0 Å². The number of rotatable bonds is 5. The average molecular weight is 294 g/mol. The normalized spacial score (nSPS) is 19.6. The minimum Gasteiger partial charge on any atom is -0.375 e. The molecule has 0 unspecified atom stereocenters. The summed E-state index contributed by atoms with van der Waals surface area (Å²) in [5.74, 6) is 0.187. The van der Waals surface area contributed by atoms with E-state index in [1.807, 2.05) is 24.3 Å². The van der Waals surface area contributed by atoms with Gasteiger partial charge in [0.15, 0.2) is 0 Å². The van der Waals surface area contributed by atoms with E-state index in [2.05, 4.69) is 17.5 Å². The number of methoxy groups -OCH3 is 1. The van der Waals surface area contributed by atoms with Crippen molar-refractivity contribution < 1.29 is 9.53 Å². The van der Waals surface area contributed by atoms with E-state index in [0.29, 0.717) is 11.6 Å². The van der Waals surface area contributed by atoms with Crippen molar-refractivity contribution in [3.05, 3.63) is 47.0 Å². The summed E-state index contributed by atoms with van der Waals surface area (Å²) in [6.45, 7) is 0.444. The molecule has 0 heterocycles. The molecule has 0 fully saturated rings. The fourth-order valence-electron chi connectivity index (χ4n) is 2.43. The highest BCUT2D eigenvalue weighted by Gasteiger charge is 2.20. The number of hydrogen-bond donors (Lipinski definition) is 1. The van der Waals surface area contributed by atoms with E-state index < -0.39 is 0 Å². The predicted octanol–water partition coefficient (Wildman–Crippen LogP) is 3.50. The molecular weight excluding hydrogens is 274 g/mol. The highest BCUT2D eigenvalue weighted by atomic mass is 35.5. The number of benzene rings is 1. The quantitative estimate of drug-likeness (QED) is 0.844. The Kier molecular flexibility index (Phi) is 5.62. The Balaban J connectivity index is 1.92. The second-order valence-corrected chi connectivity index (χ2v) is 5.38. The standard InChI is InChI=1S/C16H20ClNO2/c1-20-15(13-9-5-6-10-14(13)17)11-18-16(19)12-7-3-2-4-8-12/h2-3,5-6,9-10,12,15H,4,7-8,11H2,1H3,(H,18,19)/t12-,15+/m1/s1. The molecule has 108 valence electrons. The summed E-state index contributed by atoms with van der Waals surface area (Å²) in [6.07, 6.45) is 6.73. The zero-order chi connectivity index (χ0) is 14.4. The van der Waals surface area contributed by atoms with Crippen molar-refractivity contribution in [1.82, 2.24) is 5.32 Å². The molecule has 2 rings (SSSR count). The van der Waals surface area contributed by atoms with Crippen molar-refractivity contribution in [3.63, 3.8) is 0 Å². The number of carbonyl (C=O) groups excluding carboxylic acids is 1. The Morgan fingerprint density at radius 1 is 1.45 bits per heavy atom. The van der Waals surface area contributed by atoms with Gasteiger partial charge in [0.25, 0.3) is 0 Å². The Bertz CT molecular complexity index is 487. The lowest BCUT2D eigenvalue weighted by Crippen LogP contribution is -2.34. The summed E-state index contributed by atoms with van der Waals surface area (Å²) in [4.78, 5) is 12.1. The van der Waals surface area contributed by atoms with Crippen LogP contribution < -0.4 is 5.32 Å². The summed E-state index contributed by atoms with van der Waals surface area (Å²) in [5, 5.41) is 3.63. The van der Waals surface area contributed by atoms with Crippen LogP contribution in [0.25, 0.3) is 0 Å². The molecule has 1 aromatic carbocycles. The number of nitrogens with one attached hydrogen (secondary N) is 1. The Hall–Kier alpha value is -1.32. The number of amides is 1. The van der Waals surface area contributed by atoms with Crippen LogP contribution in [0.4, 0.5) is 0 Å². The first-order valence-corrected chi connectivity index (χ1v) is 7.30. The SMILES string of the molecule is CO[C@@H](CNC(=O)[C@@H]1CC=CCC1)c1ccccc1Cl. The van der Waals surface area contributed by atoms with Gasteiger partial charge >= 0.3 is 0 Å². The maximum atomic E-state index is 12.1. The molecule has 0 saturated heterocycles. The lowest BCUT2D eigenvalue weighted by Gasteiger charge is -2.21. The van der Waals surface area contributed by atoms with Crippen molar-refractivity contribution in [2.24, 2.45) is 5.92 Å². The van der Waals surface area contributed by atoms with Crippen LogP contribution in [-0.2, 0) is 9.53 Å². The number of hydrogen-bond acceptors (Lipinski definition) is 2. The van der Waals surface area contributed by atoms with E-state index in [1.165, 1.54) is 0 Å². The van der Waals surface area contributed by atoms with Crippen LogP contribution in [0.15, 0.2) is 36.4 Å². The Morgan fingerprint density at radius 3 is 2.90 bits per heavy atom. The van der Waals surface area contributed by atoms with Crippen molar-refractivity contribution in [1.29, 1.82) is 0 Å². The molecule has 0 bridgehead atoms. The molecule has 1 N–H and O–H groups in total. The maximum absolute atomic E-state index is 12.1. The molecule has 1 aromatic rings. The topological polar surface area (TPSA) is 38.3 Å². The summed E-state index contributed by atoms with van der Waals surface area (Å²) < 4.78 is 5.44. The zero-order valence-corrected chi connectivity index (χ0v) is 12.4. The highest BCUT2D eigenvalue weighted by molar-refractivity contribution is 6.31. The van der Waals surface area contributed by atoms with Crippen molar-refractivity contribution in [2.75, 3.05) is 13.7 Å². The minimum atomic E-state index is -0.216. The van der Waals surface area contributed by atoms with E-state index in [-0.39, 0.29) is 17.9 Å². The van der Waals surface area contributed by atoms with Crippen molar-refractivity contribution in [2.45, 2.75) is 25.4 Å². The van der Waals surface area contributed by atoms with Crippen molar-refractivity contribution >= 4 is 17.5 Å². The summed E-state index contributed by atoms with van der Waals surface area (Å²) >= 11 is 6.16. The zero-order valence-electron chi connectivity index (χ0n) is 11.6. The van der Waals surface area contributed by atoms with Gasteiger partial charge < -0.3 is 10.1 Å². The molecule has 1 aliphatic rings. The molecule has 2 atom stereocenters. The molecule has 20 heavy (non-hydrogen) atoms. The first kappa shape index (κ1) is 15.1. The third-order valence-electron chi connectivity index (χ3n) is 3.64.